The van der Waals surface area contributed by atoms with Gasteiger partial charge in [0.05, 0.1) is 42.5 Å². The normalized spacial score (nSPS) is 15.0. The zero-order valence-electron chi connectivity index (χ0n) is 18.9. The van der Waals surface area contributed by atoms with Crippen molar-refractivity contribution in [2.75, 3.05) is 19.1 Å². The number of hydrogen-bond acceptors (Lipinski definition) is 8. The van der Waals surface area contributed by atoms with E-state index in [2.05, 4.69) is 4.98 Å². The van der Waals surface area contributed by atoms with Crippen LogP contribution >= 0.6 is 11.3 Å². The Labute approximate surface area is 198 Å². The van der Waals surface area contributed by atoms with Gasteiger partial charge in [-0.15, -0.1) is 11.3 Å². The molecule has 4 aromatic rings. The molecule has 2 aromatic heterocycles. The maximum absolute atomic E-state index is 13.6. The van der Waals surface area contributed by atoms with E-state index in [1.807, 2.05) is 13.8 Å². The second kappa shape index (κ2) is 8.11. The number of rotatable bonds is 4. The van der Waals surface area contributed by atoms with Crippen LogP contribution in [0, 0.1) is 13.8 Å². The maximum atomic E-state index is 13.6. The fraction of sp³-hybridized carbons (Fsp3) is 0.200. The number of nitrogens with zero attached hydrogens (tertiary/aromatic N) is 2. The maximum Gasteiger partial charge on any atom is 0.337 e. The molecule has 3 heterocycles. The Morgan fingerprint density at radius 3 is 2.44 bits per heavy atom. The van der Waals surface area contributed by atoms with Crippen molar-refractivity contribution in [3.63, 3.8) is 0 Å². The summed E-state index contributed by atoms with van der Waals surface area (Å²) in [5, 5.41) is 0.811. The van der Waals surface area contributed by atoms with Gasteiger partial charge >= 0.3 is 5.97 Å². The first-order chi connectivity index (χ1) is 16.3. The minimum Gasteiger partial charge on any atom is -0.497 e. The summed E-state index contributed by atoms with van der Waals surface area (Å²) in [5.74, 6) is -0.443. The molecule has 1 aliphatic heterocycles. The van der Waals surface area contributed by atoms with Crippen LogP contribution in [0.25, 0.3) is 11.0 Å². The van der Waals surface area contributed by atoms with Gasteiger partial charge in [0, 0.05) is 10.9 Å². The van der Waals surface area contributed by atoms with Crippen LogP contribution < -0.4 is 15.1 Å². The van der Waals surface area contributed by atoms with Crippen molar-refractivity contribution >= 4 is 39.3 Å². The van der Waals surface area contributed by atoms with Gasteiger partial charge in [-0.2, -0.15) is 0 Å². The molecular weight excluding hydrogens is 456 g/mol. The molecule has 1 unspecified atom stereocenters. The first-order valence-electron chi connectivity index (χ1n) is 10.4. The van der Waals surface area contributed by atoms with Gasteiger partial charge < -0.3 is 13.9 Å². The number of thiazole rings is 1. The molecule has 8 nitrogen and oxygen atoms in total. The number of amides is 1. The average Bonchev–Trinajstić information content (AvgIpc) is 3.34. The number of aryl methyl sites for hydroxylation is 2. The van der Waals surface area contributed by atoms with Crippen molar-refractivity contribution in [1.29, 1.82) is 0 Å². The lowest BCUT2D eigenvalue weighted by Gasteiger charge is -2.22. The van der Waals surface area contributed by atoms with E-state index in [4.69, 9.17) is 13.9 Å². The lowest BCUT2D eigenvalue weighted by atomic mass is 9.97. The summed E-state index contributed by atoms with van der Waals surface area (Å²) in [4.78, 5) is 46.2. The Balaban J connectivity index is 1.75. The number of carbonyl (C=O) groups excluding carboxylic acids is 2. The second-order valence-corrected chi connectivity index (χ2v) is 9.05. The van der Waals surface area contributed by atoms with Crippen LogP contribution in [0.4, 0.5) is 5.13 Å². The minimum absolute atomic E-state index is 0.0293. The average molecular weight is 477 g/mol. The highest BCUT2D eigenvalue weighted by Crippen LogP contribution is 2.43. The van der Waals surface area contributed by atoms with Gasteiger partial charge in [-0.3, -0.25) is 14.5 Å². The SMILES string of the molecule is COC(=O)c1ccc(C2c3c(oc4cc(OC)ccc4c3=O)C(=O)N2c2nc(C)c(C)s2)cc1. The Kier molecular flexibility index (Phi) is 5.21. The van der Waals surface area contributed by atoms with Crippen molar-refractivity contribution in [3.05, 3.63) is 85.7 Å². The summed E-state index contributed by atoms with van der Waals surface area (Å²) >= 11 is 1.37. The van der Waals surface area contributed by atoms with Crippen LogP contribution in [0.3, 0.4) is 0 Å². The molecule has 0 fully saturated rings. The van der Waals surface area contributed by atoms with E-state index in [9.17, 15) is 14.4 Å². The van der Waals surface area contributed by atoms with Crippen LogP contribution in [0.1, 0.15) is 48.7 Å². The molecule has 0 spiro atoms. The van der Waals surface area contributed by atoms with E-state index < -0.39 is 17.9 Å². The highest BCUT2D eigenvalue weighted by Gasteiger charge is 2.45. The highest BCUT2D eigenvalue weighted by atomic mass is 32.1. The number of aromatic nitrogens is 1. The van der Waals surface area contributed by atoms with E-state index in [1.165, 1.54) is 30.5 Å². The number of carbonyl (C=O) groups is 2. The molecule has 0 N–H and O–H groups in total. The summed E-state index contributed by atoms with van der Waals surface area (Å²) in [6.45, 7) is 3.79. The topological polar surface area (TPSA) is 98.9 Å². The van der Waals surface area contributed by atoms with Crippen LogP contribution in [-0.4, -0.2) is 31.1 Å². The molecule has 0 radical (unpaired) electrons. The number of fused-ring (bicyclic) bond motifs is 2. The van der Waals surface area contributed by atoms with Gasteiger partial charge in [0.15, 0.2) is 10.6 Å². The fourth-order valence-corrected chi connectivity index (χ4v) is 5.01. The largest absolute Gasteiger partial charge is 0.497 e. The van der Waals surface area contributed by atoms with Gasteiger partial charge in [-0.05, 0) is 43.7 Å². The summed E-state index contributed by atoms with van der Waals surface area (Å²) in [5.41, 5.74) is 2.01. The van der Waals surface area contributed by atoms with Gasteiger partial charge in [-0.25, -0.2) is 9.78 Å². The Morgan fingerprint density at radius 2 is 1.82 bits per heavy atom. The number of methoxy groups -OCH3 is 2. The predicted molar refractivity (Wildman–Crippen MR) is 127 cm³/mol. The van der Waals surface area contributed by atoms with Crippen molar-refractivity contribution in [1.82, 2.24) is 4.98 Å². The number of anilines is 1. The first kappa shape index (κ1) is 21.8. The van der Waals surface area contributed by atoms with Gasteiger partial charge in [0.2, 0.25) is 5.76 Å². The molecule has 2 aromatic carbocycles. The summed E-state index contributed by atoms with van der Waals surface area (Å²) in [7, 11) is 2.82. The minimum atomic E-state index is -0.762. The Hall–Kier alpha value is -3.98. The molecule has 0 bridgehead atoms. The zero-order chi connectivity index (χ0) is 24.1. The standard InChI is InChI=1S/C25H20N2O6S/c1-12-13(2)34-25(26-12)27-20(14-5-7-15(8-6-14)24(30)32-4)19-21(28)17-10-9-16(31-3)11-18(17)33-22(19)23(27)29/h5-11,20H,1-4H3. The van der Waals surface area contributed by atoms with Gasteiger partial charge in [-0.1, -0.05) is 12.1 Å². The highest BCUT2D eigenvalue weighted by molar-refractivity contribution is 7.15. The zero-order valence-corrected chi connectivity index (χ0v) is 19.7. The van der Waals surface area contributed by atoms with Crippen LogP contribution in [0.5, 0.6) is 5.75 Å². The summed E-state index contributed by atoms with van der Waals surface area (Å²) in [6.07, 6.45) is 0. The Morgan fingerprint density at radius 1 is 1.09 bits per heavy atom. The van der Waals surface area contributed by atoms with Crippen molar-refractivity contribution in [2.24, 2.45) is 0 Å². The lowest BCUT2D eigenvalue weighted by Crippen LogP contribution is -2.29. The van der Waals surface area contributed by atoms with E-state index in [0.29, 0.717) is 27.4 Å². The molecular formula is C25H20N2O6S. The molecule has 1 amide bonds. The molecule has 5 rings (SSSR count). The number of hydrogen-bond donors (Lipinski definition) is 0. The fourth-order valence-electron chi connectivity index (χ4n) is 4.07. The molecule has 172 valence electrons. The molecule has 1 atom stereocenters. The van der Waals surface area contributed by atoms with Crippen molar-refractivity contribution < 1.29 is 23.5 Å². The third-order valence-electron chi connectivity index (χ3n) is 5.95. The summed E-state index contributed by atoms with van der Waals surface area (Å²) < 4.78 is 16.0. The Bertz CT molecular complexity index is 1500. The van der Waals surface area contributed by atoms with Crippen molar-refractivity contribution in [2.45, 2.75) is 19.9 Å². The number of benzene rings is 2. The molecule has 0 saturated heterocycles. The van der Waals surface area contributed by atoms with Crippen LogP contribution in [-0.2, 0) is 4.74 Å². The predicted octanol–water partition coefficient (Wildman–Crippen LogP) is 4.41. The quantitative estimate of drug-likeness (QED) is 0.402. The lowest BCUT2D eigenvalue weighted by molar-refractivity contribution is 0.0600. The van der Waals surface area contributed by atoms with E-state index in [0.717, 1.165) is 10.6 Å². The molecule has 9 heteroatoms. The van der Waals surface area contributed by atoms with E-state index in [1.54, 1.807) is 42.5 Å². The molecule has 34 heavy (non-hydrogen) atoms. The first-order valence-corrected chi connectivity index (χ1v) is 11.3. The molecule has 0 saturated carbocycles. The van der Waals surface area contributed by atoms with E-state index in [-0.39, 0.29) is 22.3 Å². The molecule has 0 aliphatic carbocycles. The van der Waals surface area contributed by atoms with Gasteiger partial charge in [0.1, 0.15) is 11.3 Å². The molecule has 1 aliphatic rings. The van der Waals surface area contributed by atoms with Crippen molar-refractivity contribution in [3.8, 4) is 5.75 Å². The second-order valence-electron chi connectivity index (χ2n) is 7.87. The third kappa shape index (κ3) is 3.28. The summed E-state index contributed by atoms with van der Waals surface area (Å²) in [6, 6.07) is 10.7. The smallest absolute Gasteiger partial charge is 0.337 e. The third-order valence-corrected chi connectivity index (χ3v) is 7.02. The van der Waals surface area contributed by atoms with Crippen LogP contribution in [0.2, 0.25) is 0 Å². The number of esters is 1. The van der Waals surface area contributed by atoms with E-state index >= 15 is 0 Å². The van der Waals surface area contributed by atoms with Crippen LogP contribution in [0.15, 0.2) is 51.7 Å². The van der Waals surface area contributed by atoms with Gasteiger partial charge in [0.25, 0.3) is 5.91 Å². The monoisotopic (exact) mass is 476 g/mol. The number of ether oxygens (including phenoxy) is 2.